The van der Waals surface area contributed by atoms with Crippen molar-refractivity contribution in [1.29, 1.82) is 0 Å². The lowest BCUT2D eigenvalue weighted by atomic mass is 10.1. The predicted molar refractivity (Wildman–Crippen MR) is 49.9 cm³/mol. The molecule has 1 N–H and O–H groups in total. The molecule has 72 valence electrons. The van der Waals surface area contributed by atoms with Gasteiger partial charge >= 0.3 is 0 Å². The molecule has 0 aliphatic carbocycles. The molecule has 1 saturated heterocycles. The van der Waals surface area contributed by atoms with Crippen molar-refractivity contribution in [2.75, 3.05) is 18.1 Å². The summed E-state index contributed by atoms with van der Waals surface area (Å²) in [7, 11) is -2.80. The van der Waals surface area contributed by atoms with Gasteiger partial charge in [-0.1, -0.05) is 13.8 Å². The van der Waals surface area contributed by atoms with Crippen LogP contribution in [0.25, 0.3) is 0 Å². The Balaban J connectivity index is 2.37. The largest absolute Gasteiger partial charge is 0.313 e. The SMILES string of the molecule is CC(C)CS(=O)(=O)CC1CCN1. The van der Waals surface area contributed by atoms with Crippen molar-refractivity contribution in [3.05, 3.63) is 0 Å². The molecule has 1 heterocycles. The zero-order valence-corrected chi connectivity index (χ0v) is 8.52. The summed E-state index contributed by atoms with van der Waals surface area (Å²) in [6, 6.07) is 0.230. The van der Waals surface area contributed by atoms with Gasteiger partial charge in [0.15, 0.2) is 9.84 Å². The summed E-state index contributed by atoms with van der Waals surface area (Å²) in [5.41, 5.74) is 0. The van der Waals surface area contributed by atoms with Crippen LogP contribution in [0, 0.1) is 5.92 Å². The van der Waals surface area contributed by atoms with Gasteiger partial charge in [0.05, 0.1) is 11.5 Å². The lowest BCUT2D eigenvalue weighted by molar-refractivity contribution is 0.398. The van der Waals surface area contributed by atoms with Gasteiger partial charge < -0.3 is 5.32 Å². The second-order valence-electron chi connectivity index (χ2n) is 3.91. The van der Waals surface area contributed by atoms with E-state index in [1.807, 2.05) is 13.8 Å². The van der Waals surface area contributed by atoms with E-state index in [9.17, 15) is 8.42 Å². The van der Waals surface area contributed by atoms with E-state index in [1.165, 1.54) is 0 Å². The summed E-state index contributed by atoms with van der Waals surface area (Å²) < 4.78 is 22.8. The molecule has 0 amide bonds. The molecule has 0 aromatic rings. The van der Waals surface area contributed by atoms with Crippen molar-refractivity contribution in [3.8, 4) is 0 Å². The second-order valence-corrected chi connectivity index (χ2v) is 6.06. The first-order valence-electron chi connectivity index (χ1n) is 4.43. The highest BCUT2D eigenvalue weighted by Gasteiger charge is 2.24. The number of hydrogen-bond acceptors (Lipinski definition) is 3. The van der Waals surface area contributed by atoms with Gasteiger partial charge in [0, 0.05) is 6.04 Å². The van der Waals surface area contributed by atoms with E-state index in [4.69, 9.17) is 0 Å². The third-order valence-corrected chi connectivity index (χ3v) is 4.05. The fraction of sp³-hybridized carbons (Fsp3) is 1.00. The summed E-state index contributed by atoms with van der Waals surface area (Å²) in [4.78, 5) is 0. The molecule has 0 saturated carbocycles. The van der Waals surface area contributed by atoms with Crippen LogP contribution in [0.4, 0.5) is 0 Å². The Morgan fingerprint density at radius 3 is 2.42 bits per heavy atom. The molecule has 1 rings (SSSR count). The molecular formula is C8H17NO2S. The molecule has 0 radical (unpaired) electrons. The summed E-state index contributed by atoms with van der Waals surface area (Å²) in [5.74, 6) is 0.895. The van der Waals surface area contributed by atoms with Crippen LogP contribution >= 0.6 is 0 Å². The summed E-state index contributed by atoms with van der Waals surface area (Å²) in [6.07, 6.45) is 1.01. The average molecular weight is 191 g/mol. The van der Waals surface area contributed by atoms with Gasteiger partial charge in [-0.3, -0.25) is 0 Å². The van der Waals surface area contributed by atoms with Gasteiger partial charge in [-0.25, -0.2) is 8.42 Å². The number of rotatable bonds is 4. The van der Waals surface area contributed by atoms with Crippen LogP contribution in [0.15, 0.2) is 0 Å². The van der Waals surface area contributed by atoms with E-state index in [-0.39, 0.29) is 12.0 Å². The van der Waals surface area contributed by atoms with Crippen LogP contribution in [0.1, 0.15) is 20.3 Å². The van der Waals surface area contributed by atoms with Gasteiger partial charge in [0.2, 0.25) is 0 Å². The summed E-state index contributed by atoms with van der Waals surface area (Å²) in [6.45, 7) is 4.85. The minimum absolute atomic E-state index is 0.230. The van der Waals surface area contributed by atoms with Crippen LogP contribution in [0.2, 0.25) is 0 Å². The zero-order chi connectivity index (χ0) is 9.19. The monoisotopic (exact) mass is 191 g/mol. The van der Waals surface area contributed by atoms with Gasteiger partial charge in [-0.2, -0.15) is 0 Å². The Hall–Kier alpha value is -0.0900. The van der Waals surface area contributed by atoms with Gasteiger partial charge in [0.1, 0.15) is 0 Å². The molecule has 1 atom stereocenters. The molecule has 3 nitrogen and oxygen atoms in total. The van der Waals surface area contributed by atoms with E-state index >= 15 is 0 Å². The zero-order valence-electron chi connectivity index (χ0n) is 7.71. The molecule has 1 aliphatic rings. The third-order valence-electron chi connectivity index (χ3n) is 1.97. The highest BCUT2D eigenvalue weighted by Crippen LogP contribution is 2.08. The molecule has 1 unspecified atom stereocenters. The normalized spacial score (nSPS) is 24.1. The van der Waals surface area contributed by atoms with E-state index < -0.39 is 9.84 Å². The number of sulfone groups is 1. The van der Waals surface area contributed by atoms with Crippen LogP contribution < -0.4 is 5.32 Å². The van der Waals surface area contributed by atoms with Crippen molar-refractivity contribution in [2.45, 2.75) is 26.3 Å². The quantitative estimate of drug-likeness (QED) is 0.700. The van der Waals surface area contributed by atoms with E-state index in [2.05, 4.69) is 5.32 Å². The molecule has 0 spiro atoms. The molecule has 12 heavy (non-hydrogen) atoms. The standard InChI is InChI=1S/C8H17NO2S/c1-7(2)5-12(10,11)6-8-3-4-9-8/h7-9H,3-6H2,1-2H3. The van der Waals surface area contributed by atoms with Crippen LogP contribution in [0.3, 0.4) is 0 Å². The van der Waals surface area contributed by atoms with Crippen LogP contribution in [-0.4, -0.2) is 32.5 Å². The third kappa shape index (κ3) is 3.11. The minimum Gasteiger partial charge on any atom is -0.313 e. The lowest BCUT2D eigenvalue weighted by Crippen LogP contribution is -2.47. The smallest absolute Gasteiger partial charge is 0.152 e. The first-order chi connectivity index (χ1) is 5.49. The van der Waals surface area contributed by atoms with Crippen molar-refractivity contribution in [3.63, 3.8) is 0 Å². The van der Waals surface area contributed by atoms with Gasteiger partial charge in [0.25, 0.3) is 0 Å². The minimum atomic E-state index is -2.80. The summed E-state index contributed by atoms with van der Waals surface area (Å²) >= 11 is 0. The maximum absolute atomic E-state index is 11.4. The van der Waals surface area contributed by atoms with E-state index in [1.54, 1.807) is 0 Å². The first-order valence-corrected chi connectivity index (χ1v) is 6.25. The van der Waals surface area contributed by atoms with Crippen molar-refractivity contribution >= 4 is 9.84 Å². The van der Waals surface area contributed by atoms with Crippen molar-refractivity contribution in [2.24, 2.45) is 5.92 Å². The fourth-order valence-corrected chi connectivity index (χ4v) is 3.42. The molecule has 0 aromatic heterocycles. The first kappa shape index (κ1) is 9.99. The molecule has 4 heteroatoms. The van der Waals surface area contributed by atoms with Gasteiger partial charge in [-0.15, -0.1) is 0 Å². The van der Waals surface area contributed by atoms with E-state index in [0.29, 0.717) is 11.5 Å². The molecule has 1 aliphatic heterocycles. The Morgan fingerprint density at radius 2 is 2.08 bits per heavy atom. The Labute approximate surface area is 74.5 Å². The highest BCUT2D eigenvalue weighted by atomic mass is 32.2. The molecule has 1 fully saturated rings. The fourth-order valence-electron chi connectivity index (χ4n) is 1.37. The van der Waals surface area contributed by atoms with Crippen molar-refractivity contribution in [1.82, 2.24) is 5.32 Å². The highest BCUT2D eigenvalue weighted by molar-refractivity contribution is 7.91. The Morgan fingerprint density at radius 1 is 1.50 bits per heavy atom. The molecule has 0 aromatic carbocycles. The van der Waals surface area contributed by atoms with Crippen molar-refractivity contribution < 1.29 is 8.42 Å². The second kappa shape index (κ2) is 3.75. The molecular weight excluding hydrogens is 174 g/mol. The number of nitrogens with one attached hydrogen (secondary N) is 1. The average Bonchev–Trinajstić information content (AvgIpc) is 1.76. The number of hydrogen-bond donors (Lipinski definition) is 1. The molecule has 0 bridgehead atoms. The predicted octanol–water partition coefficient (Wildman–Crippen LogP) is 0.419. The van der Waals surface area contributed by atoms with Crippen LogP contribution in [-0.2, 0) is 9.84 Å². The van der Waals surface area contributed by atoms with Gasteiger partial charge in [-0.05, 0) is 18.9 Å². The topological polar surface area (TPSA) is 46.2 Å². The maximum Gasteiger partial charge on any atom is 0.152 e. The van der Waals surface area contributed by atoms with Crippen LogP contribution in [0.5, 0.6) is 0 Å². The van der Waals surface area contributed by atoms with E-state index in [0.717, 1.165) is 13.0 Å². The lowest BCUT2D eigenvalue weighted by Gasteiger charge is -2.27. The summed E-state index contributed by atoms with van der Waals surface area (Å²) in [5, 5.41) is 3.10. The Kier molecular flexibility index (Phi) is 3.12. The Bertz CT molecular complexity index is 229. The maximum atomic E-state index is 11.4.